The van der Waals surface area contributed by atoms with Crippen LogP contribution < -0.4 is 15.2 Å². The quantitative estimate of drug-likeness (QED) is 0.175. The zero-order valence-electron chi connectivity index (χ0n) is 27.4. The molecule has 5 aromatic rings. The smallest absolute Gasteiger partial charge is 0.410 e. The van der Waals surface area contributed by atoms with Gasteiger partial charge in [0.25, 0.3) is 5.92 Å². The summed E-state index contributed by atoms with van der Waals surface area (Å²) < 4.78 is 51.5. The van der Waals surface area contributed by atoms with Gasteiger partial charge >= 0.3 is 11.8 Å². The Balaban J connectivity index is 1.32. The molecule has 1 aliphatic heterocycles. The first-order valence-electron chi connectivity index (χ1n) is 15.8. The minimum atomic E-state index is -3.21. The molecule has 1 fully saturated rings. The molecule has 48 heavy (non-hydrogen) atoms. The van der Waals surface area contributed by atoms with E-state index in [4.69, 9.17) is 14.2 Å². The highest BCUT2D eigenvalue weighted by molar-refractivity contribution is 5.80. The number of pyridine rings is 1. The van der Waals surface area contributed by atoms with Crippen molar-refractivity contribution in [1.82, 2.24) is 19.0 Å². The lowest BCUT2D eigenvalue weighted by atomic mass is 9.86. The molecule has 11 heteroatoms. The molecular weight excluding hydrogens is 618 g/mol. The van der Waals surface area contributed by atoms with E-state index in [1.54, 1.807) is 58.2 Å². The molecule has 1 unspecified atom stereocenters. The molecule has 0 saturated carbocycles. The van der Waals surface area contributed by atoms with E-state index in [-0.39, 0.29) is 25.5 Å². The molecule has 3 heterocycles. The van der Waals surface area contributed by atoms with Gasteiger partial charge < -0.3 is 19.1 Å². The number of ether oxygens (including phenoxy) is 3. The summed E-state index contributed by atoms with van der Waals surface area (Å²) in [7, 11) is 1.60. The van der Waals surface area contributed by atoms with E-state index in [1.165, 1.54) is 9.13 Å². The van der Waals surface area contributed by atoms with Gasteiger partial charge in [0.15, 0.2) is 0 Å². The van der Waals surface area contributed by atoms with E-state index in [1.807, 2.05) is 60.7 Å². The van der Waals surface area contributed by atoms with Crippen molar-refractivity contribution in [1.29, 1.82) is 0 Å². The van der Waals surface area contributed by atoms with Crippen molar-refractivity contribution in [3.63, 3.8) is 0 Å². The van der Waals surface area contributed by atoms with Crippen molar-refractivity contribution < 1.29 is 27.8 Å². The van der Waals surface area contributed by atoms with Crippen LogP contribution in [-0.4, -0.2) is 49.7 Å². The second kappa shape index (κ2) is 13.1. The Morgan fingerprint density at radius 2 is 1.54 bits per heavy atom. The summed E-state index contributed by atoms with van der Waals surface area (Å²) in [5.74, 6) is -3.85. The molecule has 1 atom stereocenters. The predicted molar refractivity (Wildman–Crippen MR) is 178 cm³/mol. The Morgan fingerprint density at radius 3 is 2.17 bits per heavy atom. The molecule has 6 rings (SSSR count). The number of aryl methyl sites for hydroxylation is 1. The zero-order valence-corrected chi connectivity index (χ0v) is 27.4. The molecule has 1 saturated heterocycles. The Hall–Kier alpha value is -5.19. The minimum Gasteiger partial charge on any atom is -0.473 e. The van der Waals surface area contributed by atoms with E-state index >= 15 is 8.78 Å². The number of halogens is 2. The van der Waals surface area contributed by atoms with E-state index in [9.17, 15) is 9.59 Å². The van der Waals surface area contributed by atoms with E-state index in [0.29, 0.717) is 34.8 Å². The average Bonchev–Trinajstić information content (AvgIpc) is 3.30. The Morgan fingerprint density at radius 1 is 0.896 bits per heavy atom. The van der Waals surface area contributed by atoms with Crippen LogP contribution in [0.1, 0.15) is 49.8 Å². The molecule has 0 bridgehead atoms. The molecule has 1 aliphatic rings. The Kier molecular flexibility index (Phi) is 8.96. The lowest BCUT2D eigenvalue weighted by molar-refractivity contribution is -0.0848. The van der Waals surface area contributed by atoms with E-state index in [2.05, 4.69) is 4.98 Å². The summed E-state index contributed by atoms with van der Waals surface area (Å²) in [6, 6.07) is 27.6. The summed E-state index contributed by atoms with van der Waals surface area (Å²) >= 11 is 0. The maximum atomic E-state index is 15.6. The minimum absolute atomic E-state index is 0.0399. The number of hydrogen-bond acceptors (Lipinski definition) is 6. The van der Waals surface area contributed by atoms with Gasteiger partial charge in [0, 0.05) is 19.7 Å². The SMILES string of the molecule is Cn1c(=O)n(-c2ccc(OCc3ccccc3)nc2OCc2ccccc2)c2ccc(C3CCN(C(=O)OC(C)(C)C)CC3(F)F)cc21. The predicted octanol–water partition coefficient (Wildman–Crippen LogP) is 7.24. The third-order valence-corrected chi connectivity index (χ3v) is 8.24. The van der Waals surface area contributed by atoms with Crippen LogP contribution in [-0.2, 0) is 25.0 Å². The first-order chi connectivity index (χ1) is 22.9. The van der Waals surface area contributed by atoms with Crippen molar-refractivity contribution in [2.45, 2.75) is 57.8 Å². The van der Waals surface area contributed by atoms with Crippen LogP contribution in [0.2, 0.25) is 0 Å². The summed E-state index contributed by atoms with van der Waals surface area (Å²) in [6.07, 6.45) is -0.718. The third kappa shape index (κ3) is 7.05. The molecule has 2 aromatic heterocycles. The van der Waals surface area contributed by atoms with Crippen molar-refractivity contribution in [2.24, 2.45) is 7.05 Å². The highest BCUT2D eigenvalue weighted by Crippen LogP contribution is 2.41. The van der Waals surface area contributed by atoms with Gasteiger partial charge in [-0.2, -0.15) is 4.98 Å². The molecular formula is C37H38F2N4O5. The number of fused-ring (bicyclic) bond motifs is 1. The Bertz CT molecular complexity index is 1970. The number of benzene rings is 3. The number of nitrogens with zero attached hydrogens (tertiary/aromatic N) is 4. The zero-order chi connectivity index (χ0) is 34.1. The fraction of sp³-hybridized carbons (Fsp3) is 0.324. The van der Waals surface area contributed by atoms with Gasteiger partial charge in [-0.15, -0.1) is 0 Å². The molecule has 250 valence electrons. The van der Waals surface area contributed by atoms with E-state index in [0.717, 1.165) is 16.0 Å². The normalized spacial score (nSPS) is 16.1. The van der Waals surface area contributed by atoms with Crippen LogP contribution in [0.25, 0.3) is 16.7 Å². The number of piperidine rings is 1. The Labute approximate surface area is 277 Å². The van der Waals surface area contributed by atoms with Gasteiger partial charge in [-0.3, -0.25) is 9.13 Å². The second-order valence-electron chi connectivity index (χ2n) is 13.0. The maximum Gasteiger partial charge on any atom is 0.410 e. The van der Waals surface area contributed by atoms with Crippen LogP contribution in [0.3, 0.4) is 0 Å². The molecule has 0 spiro atoms. The molecule has 0 N–H and O–H groups in total. The number of aromatic nitrogens is 3. The number of likely N-dealkylation sites (tertiary alicyclic amines) is 1. The highest BCUT2D eigenvalue weighted by Gasteiger charge is 2.47. The van der Waals surface area contributed by atoms with Crippen LogP contribution in [0, 0.1) is 0 Å². The van der Waals surface area contributed by atoms with Crippen molar-refractivity contribution in [2.75, 3.05) is 13.1 Å². The van der Waals surface area contributed by atoms with Crippen LogP contribution >= 0.6 is 0 Å². The standard InChI is InChI=1S/C37H38F2N4O5/c1-36(2,3)48-35(45)42-20-19-28(37(38,39)24-42)27-15-16-29-31(21-27)41(4)34(44)43(29)30-17-18-32(46-22-25-11-7-5-8-12-25)40-33(30)47-23-26-13-9-6-10-14-26/h5-18,21,28H,19-20,22-24H2,1-4H3. The fourth-order valence-corrected chi connectivity index (χ4v) is 5.87. The van der Waals surface area contributed by atoms with Crippen LogP contribution in [0.15, 0.2) is 95.8 Å². The number of hydrogen-bond donors (Lipinski definition) is 0. The molecule has 1 amide bonds. The summed E-state index contributed by atoms with van der Waals surface area (Å²) in [6.45, 7) is 4.96. The largest absolute Gasteiger partial charge is 0.473 e. The van der Waals surface area contributed by atoms with Gasteiger partial charge in [0.2, 0.25) is 11.8 Å². The number of amides is 1. The molecule has 0 radical (unpaired) electrons. The lowest BCUT2D eigenvalue weighted by Crippen LogP contribution is -2.50. The number of alkyl halides is 2. The first-order valence-corrected chi connectivity index (χ1v) is 15.8. The van der Waals surface area contributed by atoms with Crippen molar-refractivity contribution in [3.8, 4) is 17.4 Å². The average molecular weight is 657 g/mol. The van der Waals surface area contributed by atoms with Crippen LogP contribution in [0.4, 0.5) is 13.6 Å². The summed E-state index contributed by atoms with van der Waals surface area (Å²) in [5.41, 5.74) is 2.45. The van der Waals surface area contributed by atoms with Crippen molar-refractivity contribution in [3.05, 3.63) is 118 Å². The monoisotopic (exact) mass is 656 g/mol. The fourth-order valence-electron chi connectivity index (χ4n) is 5.87. The lowest BCUT2D eigenvalue weighted by Gasteiger charge is -2.39. The van der Waals surface area contributed by atoms with Gasteiger partial charge in [-0.05, 0) is 62.1 Å². The van der Waals surface area contributed by atoms with Gasteiger partial charge in [-0.1, -0.05) is 66.7 Å². The molecule has 0 aliphatic carbocycles. The van der Waals surface area contributed by atoms with Gasteiger partial charge in [0.1, 0.15) is 24.5 Å². The first kappa shape index (κ1) is 32.7. The number of rotatable bonds is 8. The molecule has 9 nitrogen and oxygen atoms in total. The second-order valence-corrected chi connectivity index (χ2v) is 13.0. The van der Waals surface area contributed by atoms with Gasteiger partial charge in [-0.25, -0.2) is 18.4 Å². The van der Waals surface area contributed by atoms with Gasteiger partial charge in [0.05, 0.1) is 23.5 Å². The summed E-state index contributed by atoms with van der Waals surface area (Å²) in [5, 5.41) is 0. The number of carbonyl (C=O) groups is 1. The van der Waals surface area contributed by atoms with Crippen molar-refractivity contribution >= 4 is 17.1 Å². The third-order valence-electron chi connectivity index (χ3n) is 8.24. The van der Waals surface area contributed by atoms with Crippen LogP contribution in [0.5, 0.6) is 11.8 Å². The number of carbonyl (C=O) groups excluding carboxylic acids is 1. The summed E-state index contributed by atoms with van der Waals surface area (Å²) in [4.78, 5) is 32.0. The number of imidazole rings is 1. The maximum absolute atomic E-state index is 15.6. The molecule has 3 aromatic carbocycles. The van der Waals surface area contributed by atoms with E-state index < -0.39 is 35.8 Å². The highest BCUT2D eigenvalue weighted by atomic mass is 19.3. The topological polar surface area (TPSA) is 87.8 Å².